The van der Waals surface area contributed by atoms with Crippen molar-refractivity contribution in [2.75, 3.05) is 39.4 Å². The Morgan fingerprint density at radius 2 is 1.82 bits per heavy atom. The topological polar surface area (TPSA) is 93.1 Å². The fourth-order valence-corrected chi connectivity index (χ4v) is 3.64. The van der Waals surface area contributed by atoms with Gasteiger partial charge in [-0.1, -0.05) is 36.4 Å². The highest BCUT2D eigenvalue weighted by Gasteiger charge is 2.32. The minimum atomic E-state index is -0.562. The molecule has 0 saturated carbocycles. The van der Waals surface area contributed by atoms with Crippen LogP contribution in [-0.4, -0.2) is 77.3 Å². The first kappa shape index (κ1) is 20.3. The van der Waals surface area contributed by atoms with Crippen LogP contribution in [0.5, 0.6) is 0 Å². The molecular formula is C21H27N3O4. The summed E-state index contributed by atoms with van der Waals surface area (Å²) in [7, 11) is 0. The minimum Gasteiger partial charge on any atom is -0.395 e. The zero-order valence-electron chi connectivity index (χ0n) is 15.9. The monoisotopic (exact) mass is 385 g/mol. The molecule has 1 unspecified atom stereocenters. The maximum Gasteiger partial charge on any atom is 0.237 e. The second-order valence-electron chi connectivity index (χ2n) is 6.99. The van der Waals surface area contributed by atoms with E-state index in [1.165, 1.54) is 4.90 Å². The van der Waals surface area contributed by atoms with Crippen LogP contribution in [0, 0.1) is 0 Å². The van der Waals surface area contributed by atoms with Crippen LogP contribution in [0.2, 0.25) is 0 Å². The van der Waals surface area contributed by atoms with Crippen LogP contribution in [0.4, 0.5) is 0 Å². The average Bonchev–Trinajstić information content (AvgIpc) is 2.70. The van der Waals surface area contributed by atoms with Crippen molar-refractivity contribution in [3.8, 4) is 0 Å². The molecule has 0 aliphatic carbocycles. The number of carbonyl (C=O) groups is 2. The van der Waals surface area contributed by atoms with E-state index in [4.69, 9.17) is 10.2 Å². The molecule has 2 aromatic carbocycles. The number of rotatable bonds is 8. The average molecular weight is 385 g/mol. The van der Waals surface area contributed by atoms with Crippen LogP contribution < -0.4 is 5.32 Å². The Morgan fingerprint density at radius 3 is 2.54 bits per heavy atom. The Balaban J connectivity index is 1.74. The fraction of sp³-hybridized carbons (Fsp3) is 0.429. The van der Waals surface area contributed by atoms with Crippen molar-refractivity contribution in [3.63, 3.8) is 0 Å². The first-order valence-electron chi connectivity index (χ1n) is 9.61. The molecule has 2 amide bonds. The van der Waals surface area contributed by atoms with Crippen molar-refractivity contribution in [1.82, 2.24) is 15.1 Å². The third kappa shape index (κ3) is 4.86. The van der Waals surface area contributed by atoms with E-state index in [1.54, 1.807) is 0 Å². The van der Waals surface area contributed by atoms with E-state index in [9.17, 15) is 9.59 Å². The van der Waals surface area contributed by atoms with Crippen LogP contribution in [0.15, 0.2) is 42.5 Å². The number of hydrogen-bond donors (Lipinski definition) is 3. The minimum absolute atomic E-state index is 0.0272. The number of aliphatic hydroxyl groups excluding tert-OH is 2. The fourth-order valence-electron chi connectivity index (χ4n) is 3.64. The molecule has 0 spiro atoms. The van der Waals surface area contributed by atoms with E-state index in [1.807, 2.05) is 17.0 Å². The highest BCUT2D eigenvalue weighted by Crippen LogP contribution is 2.19. The van der Waals surface area contributed by atoms with Crippen LogP contribution in [-0.2, 0) is 16.1 Å². The molecule has 1 fully saturated rings. The molecule has 1 heterocycles. The van der Waals surface area contributed by atoms with Gasteiger partial charge in [0.25, 0.3) is 0 Å². The van der Waals surface area contributed by atoms with Gasteiger partial charge in [0.15, 0.2) is 0 Å². The largest absolute Gasteiger partial charge is 0.395 e. The third-order valence-electron chi connectivity index (χ3n) is 5.10. The lowest BCUT2D eigenvalue weighted by atomic mass is 10.0. The number of benzene rings is 2. The summed E-state index contributed by atoms with van der Waals surface area (Å²) in [5.41, 5.74) is 1.09. The summed E-state index contributed by atoms with van der Waals surface area (Å²) >= 11 is 0. The highest BCUT2D eigenvalue weighted by molar-refractivity contribution is 5.89. The third-order valence-corrected chi connectivity index (χ3v) is 5.10. The molecule has 28 heavy (non-hydrogen) atoms. The summed E-state index contributed by atoms with van der Waals surface area (Å²) in [6.07, 6.45) is 0.0272. The van der Waals surface area contributed by atoms with Gasteiger partial charge < -0.3 is 20.4 Å². The van der Waals surface area contributed by atoms with Crippen LogP contribution >= 0.6 is 0 Å². The molecule has 1 aliphatic rings. The molecule has 3 rings (SSSR count). The first-order chi connectivity index (χ1) is 13.6. The van der Waals surface area contributed by atoms with Gasteiger partial charge in [-0.2, -0.15) is 0 Å². The maximum absolute atomic E-state index is 12.6. The van der Waals surface area contributed by atoms with Crippen LogP contribution in [0.3, 0.4) is 0 Å². The lowest BCUT2D eigenvalue weighted by Gasteiger charge is -2.35. The number of nitrogens with zero attached hydrogens (tertiary/aromatic N) is 2. The summed E-state index contributed by atoms with van der Waals surface area (Å²) in [5.74, 6) is -0.401. The Hall–Kier alpha value is -2.48. The zero-order chi connectivity index (χ0) is 19.9. The Kier molecular flexibility index (Phi) is 6.97. The summed E-state index contributed by atoms with van der Waals surface area (Å²) in [4.78, 5) is 28.5. The number of amides is 2. The second kappa shape index (κ2) is 9.64. The van der Waals surface area contributed by atoms with Gasteiger partial charge in [-0.15, -0.1) is 0 Å². The van der Waals surface area contributed by atoms with Crippen LogP contribution in [0.25, 0.3) is 10.8 Å². The predicted molar refractivity (Wildman–Crippen MR) is 107 cm³/mol. The van der Waals surface area contributed by atoms with Gasteiger partial charge in [-0.25, -0.2) is 0 Å². The summed E-state index contributed by atoms with van der Waals surface area (Å²) < 4.78 is 0. The van der Waals surface area contributed by atoms with E-state index in [-0.39, 0.29) is 44.5 Å². The van der Waals surface area contributed by atoms with Gasteiger partial charge in [-0.05, 0) is 22.4 Å². The van der Waals surface area contributed by atoms with Gasteiger partial charge in [0.2, 0.25) is 11.8 Å². The Morgan fingerprint density at radius 1 is 1.11 bits per heavy atom. The molecule has 7 nitrogen and oxygen atoms in total. The van der Waals surface area contributed by atoms with Crippen molar-refractivity contribution in [3.05, 3.63) is 48.0 Å². The van der Waals surface area contributed by atoms with E-state index in [0.29, 0.717) is 19.6 Å². The normalized spacial score (nSPS) is 17.5. The zero-order valence-corrected chi connectivity index (χ0v) is 15.9. The standard InChI is InChI=1S/C21H27N3O4/c25-11-9-23(10-12-26)20(27)14-19-21(28)22-7-8-24(19)15-16-5-6-17-3-1-2-4-18(17)13-16/h1-6,13,19,25-26H,7-12,14-15H2,(H,22,28). The molecule has 150 valence electrons. The van der Waals surface area contributed by atoms with Gasteiger partial charge in [0.1, 0.15) is 0 Å². The van der Waals surface area contributed by atoms with Crippen molar-refractivity contribution in [1.29, 1.82) is 0 Å². The summed E-state index contributed by atoms with van der Waals surface area (Å²) in [6, 6.07) is 13.8. The highest BCUT2D eigenvalue weighted by atomic mass is 16.3. The number of hydrogen-bond acceptors (Lipinski definition) is 5. The molecule has 1 atom stereocenters. The van der Waals surface area contributed by atoms with E-state index < -0.39 is 6.04 Å². The summed E-state index contributed by atoms with van der Waals surface area (Å²) in [6.45, 7) is 1.74. The molecule has 3 N–H and O–H groups in total. The Labute approximate surface area is 164 Å². The molecule has 0 radical (unpaired) electrons. The maximum atomic E-state index is 12.6. The molecule has 2 aromatic rings. The van der Waals surface area contributed by atoms with E-state index in [2.05, 4.69) is 35.6 Å². The lowest BCUT2D eigenvalue weighted by Crippen LogP contribution is -2.56. The molecule has 1 aliphatic heterocycles. The van der Waals surface area contributed by atoms with Crippen molar-refractivity contribution >= 4 is 22.6 Å². The second-order valence-corrected chi connectivity index (χ2v) is 6.99. The van der Waals surface area contributed by atoms with Crippen LogP contribution in [0.1, 0.15) is 12.0 Å². The predicted octanol–water partition coefficient (Wildman–Crippen LogP) is 0.343. The SMILES string of the molecule is O=C1NCCN(Cc2ccc3ccccc3c2)C1CC(=O)N(CCO)CCO. The number of fused-ring (bicyclic) bond motifs is 1. The van der Waals surface area contributed by atoms with Crippen molar-refractivity contribution < 1.29 is 19.8 Å². The molecule has 0 bridgehead atoms. The molecule has 0 aromatic heterocycles. The van der Waals surface area contributed by atoms with Gasteiger partial charge in [0.05, 0.1) is 25.7 Å². The van der Waals surface area contributed by atoms with Gasteiger partial charge in [-0.3, -0.25) is 14.5 Å². The first-order valence-corrected chi connectivity index (χ1v) is 9.61. The number of carbonyl (C=O) groups excluding carboxylic acids is 2. The van der Waals surface area contributed by atoms with Crippen molar-refractivity contribution in [2.45, 2.75) is 19.0 Å². The number of nitrogens with one attached hydrogen (secondary N) is 1. The van der Waals surface area contributed by atoms with Crippen molar-refractivity contribution in [2.24, 2.45) is 0 Å². The van der Waals surface area contributed by atoms with E-state index in [0.717, 1.165) is 16.3 Å². The number of aliphatic hydroxyl groups is 2. The lowest BCUT2D eigenvalue weighted by molar-refractivity contribution is -0.139. The van der Waals surface area contributed by atoms with Gasteiger partial charge in [0, 0.05) is 32.7 Å². The Bertz CT molecular complexity index is 820. The quantitative estimate of drug-likeness (QED) is 0.610. The molecular weight excluding hydrogens is 358 g/mol. The van der Waals surface area contributed by atoms with E-state index >= 15 is 0 Å². The molecule has 1 saturated heterocycles. The number of piperazine rings is 1. The smallest absolute Gasteiger partial charge is 0.237 e. The molecule has 7 heteroatoms. The van der Waals surface area contributed by atoms with Gasteiger partial charge >= 0.3 is 0 Å². The summed E-state index contributed by atoms with van der Waals surface area (Å²) in [5, 5.41) is 23.4.